The molecular formula is C21H24N2O3S2. The fourth-order valence-electron chi connectivity index (χ4n) is 2.74. The molecule has 0 saturated carbocycles. The van der Waals surface area contributed by atoms with E-state index < -0.39 is 10.0 Å². The maximum Gasteiger partial charge on any atom is 0.264 e. The first kappa shape index (κ1) is 20.4. The van der Waals surface area contributed by atoms with Crippen molar-refractivity contribution in [3.8, 4) is 0 Å². The molecule has 3 aromatic rings. The van der Waals surface area contributed by atoms with E-state index in [0.717, 1.165) is 22.1 Å². The van der Waals surface area contributed by atoms with Gasteiger partial charge in [-0.1, -0.05) is 24.6 Å². The summed E-state index contributed by atoms with van der Waals surface area (Å²) in [6, 6.07) is 14.1. The Morgan fingerprint density at radius 3 is 2.46 bits per heavy atom. The SMILES string of the molecule is CCC(C)NC(=O)c1cc2cc(N(C)S(=O)(=O)c3ccc(C)cc3)ccc2s1. The highest BCUT2D eigenvalue weighted by Gasteiger charge is 2.22. The molecule has 1 atom stereocenters. The van der Waals surface area contributed by atoms with Crippen LogP contribution in [0.15, 0.2) is 53.4 Å². The highest BCUT2D eigenvalue weighted by molar-refractivity contribution is 7.92. The van der Waals surface area contributed by atoms with Gasteiger partial charge in [0, 0.05) is 17.8 Å². The van der Waals surface area contributed by atoms with Crippen LogP contribution in [0.4, 0.5) is 5.69 Å². The Labute approximate surface area is 170 Å². The zero-order chi connectivity index (χ0) is 20.5. The minimum atomic E-state index is -3.65. The molecule has 7 heteroatoms. The maximum atomic E-state index is 12.9. The summed E-state index contributed by atoms with van der Waals surface area (Å²) in [5, 5.41) is 3.81. The summed E-state index contributed by atoms with van der Waals surface area (Å²) in [4.78, 5) is 13.2. The van der Waals surface area contributed by atoms with Crippen LogP contribution in [0.5, 0.6) is 0 Å². The van der Waals surface area contributed by atoms with E-state index in [-0.39, 0.29) is 16.8 Å². The molecule has 1 aromatic heterocycles. The molecule has 0 spiro atoms. The highest BCUT2D eigenvalue weighted by atomic mass is 32.2. The Morgan fingerprint density at radius 2 is 1.82 bits per heavy atom. The molecule has 0 bridgehead atoms. The minimum absolute atomic E-state index is 0.0993. The predicted octanol–water partition coefficient (Wildman–Crippen LogP) is 4.56. The largest absolute Gasteiger partial charge is 0.349 e. The van der Waals surface area contributed by atoms with E-state index in [2.05, 4.69) is 5.32 Å². The normalized spacial score (nSPS) is 12.7. The number of rotatable bonds is 6. The molecule has 0 fully saturated rings. The molecule has 1 N–H and O–H groups in total. The van der Waals surface area contributed by atoms with E-state index in [1.807, 2.05) is 32.9 Å². The molecule has 1 unspecified atom stereocenters. The number of nitrogens with zero attached hydrogens (tertiary/aromatic N) is 1. The number of amides is 1. The summed E-state index contributed by atoms with van der Waals surface area (Å²) in [6.07, 6.45) is 0.864. The smallest absolute Gasteiger partial charge is 0.264 e. The average molecular weight is 417 g/mol. The molecule has 2 aromatic carbocycles. The van der Waals surface area contributed by atoms with Crippen LogP contribution in [0.3, 0.4) is 0 Å². The molecule has 0 saturated heterocycles. The van der Waals surface area contributed by atoms with Crippen molar-refractivity contribution in [1.29, 1.82) is 0 Å². The molecule has 1 heterocycles. The van der Waals surface area contributed by atoms with Gasteiger partial charge in [-0.2, -0.15) is 0 Å². The van der Waals surface area contributed by atoms with E-state index in [1.54, 1.807) is 43.4 Å². The Kier molecular flexibility index (Phi) is 5.76. The lowest BCUT2D eigenvalue weighted by Gasteiger charge is -2.19. The first-order valence-electron chi connectivity index (χ1n) is 9.12. The number of thiophene rings is 1. The van der Waals surface area contributed by atoms with Crippen LogP contribution in [-0.4, -0.2) is 27.4 Å². The molecule has 0 radical (unpaired) electrons. The number of nitrogens with one attached hydrogen (secondary N) is 1. The summed E-state index contributed by atoms with van der Waals surface area (Å²) >= 11 is 1.40. The molecule has 0 aliphatic carbocycles. The zero-order valence-corrected chi connectivity index (χ0v) is 18.0. The van der Waals surface area contributed by atoms with Gasteiger partial charge in [0.25, 0.3) is 15.9 Å². The fourth-order valence-corrected chi connectivity index (χ4v) is 4.88. The second-order valence-corrected chi connectivity index (χ2v) is 9.95. The van der Waals surface area contributed by atoms with Crippen LogP contribution < -0.4 is 9.62 Å². The van der Waals surface area contributed by atoms with Gasteiger partial charge in [0.2, 0.25) is 0 Å². The zero-order valence-electron chi connectivity index (χ0n) is 16.4. The predicted molar refractivity (Wildman–Crippen MR) is 116 cm³/mol. The third kappa shape index (κ3) is 4.05. The third-order valence-corrected chi connectivity index (χ3v) is 7.67. The van der Waals surface area contributed by atoms with Crippen LogP contribution in [0.1, 0.15) is 35.5 Å². The van der Waals surface area contributed by atoms with Gasteiger partial charge in [0.15, 0.2) is 0 Å². The summed E-state index contributed by atoms with van der Waals surface area (Å²) in [7, 11) is -2.11. The number of carbonyl (C=O) groups excluding carboxylic acids is 1. The number of sulfonamides is 1. The van der Waals surface area contributed by atoms with Crippen molar-refractivity contribution < 1.29 is 13.2 Å². The van der Waals surface area contributed by atoms with Gasteiger partial charge in [-0.3, -0.25) is 9.10 Å². The molecule has 1 amide bonds. The van der Waals surface area contributed by atoms with Crippen molar-refractivity contribution in [2.75, 3.05) is 11.4 Å². The number of hydrogen-bond acceptors (Lipinski definition) is 4. The molecule has 5 nitrogen and oxygen atoms in total. The van der Waals surface area contributed by atoms with Crippen molar-refractivity contribution in [2.45, 2.75) is 38.1 Å². The maximum absolute atomic E-state index is 12.9. The first-order valence-corrected chi connectivity index (χ1v) is 11.4. The van der Waals surface area contributed by atoms with Crippen LogP contribution in [0, 0.1) is 6.92 Å². The molecule has 0 aliphatic rings. The quantitative estimate of drug-likeness (QED) is 0.640. The topological polar surface area (TPSA) is 66.5 Å². The number of hydrogen-bond donors (Lipinski definition) is 1. The molecular weight excluding hydrogens is 392 g/mol. The second kappa shape index (κ2) is 7.93. The lowest BCUT2D eigenvalue weighted by molar-refractivity contribution is 0.0943. The van der Waals surface area contributed by atoms with Crippen molar-refractivity contribution >= 4 is 43.0 Å². The van der Waals surface area contributed by atoms with Gasteiger partial charge in [-0.05, 0) is 62.1 Å². The molecule has 148 valence electrons. The Balaban J connectivity index is 1.91. The lowest BCUT2D eigenvalue weighted by atomic mass is 10.2. The molecule has 28 heavy (non-hydrogen) atoms. The van der Waals surface area contributed by atoms with Gasteiger partial charge in [-0.15, -0.1) is 11.3 Å². The number of carbonyl (C=O) groups is 1. The Morgan fingerprint density at radius 1 is 1.14 bits per heavy atom. The fraction of sp³-hybridized carbons (Fsp3) is 0.286. The summed E-state index contributed by atoms with van der Waals surface area (Å²) < 4.78 is 28.0. The van der Waals surface area contributed by atoms with Crippen molar-refractivity contribution in [1.82, 2.24) is 5.32 Å². The summed E-state index contributed by atoms with van der Waals surface area (Å²) in [5.74, 6) is -0.0993. The van der Waals surface area contributed by atoms with Gasteiger partial charge in [0.05, 0.1) is 15.5 Å². The van der Waals surface area contributed by atoms with Gasteiger partial charge < -0.3 is 5.32 Å². The van der Waals surface area contributed by atoms with Crippen LogP contribution in [-0.2, 0) is 10.0 Å². The van der Waals surface area contributed by atoms with E-state index in [0.29, 0.717) is 10.6 Å². The van der Waals surface area contributed by atoms with Crippen molar-refractivity contribution in [3.05, 3.63) is 59.0 Å². The van der Waals surface area contributed by atoms with Crippen LogP contribution in [0.2, 0.25) is 0 Å². The molecule has 0 aliphatic heterocycles. The van der Waals surface area contributed by atoms with E-state index in [1.165, 1.54) is 15.6 Å². The van der Waals surface area contributed by atoms with E-state index in [9.17, 15) is 13.2 Å². The Hall–Kier alpha value is -2.38. The summed E-state index contributed by atoms with van der Waals surface area (Å²) in [6.45, 7) is 5.90. The van der Waals surface area contributed by atoms with E-state index in [4.69, 9.17) is 0 Å². The summed E-state index contributed by atoms with van der Waals surface area (Å²) in [5.41, 5.74) is 1.56. The number of anilines is 1. The second-order valence-electron chi connectivity index (χ2n) is 6.90. The number of aryl methyl sites for hydroxylation is 1. The highest BCUT2D eigenvalue weighted by Crippen LogP contribution is 2.31. The number of benzene rings is 2. The third-order valence-electron chi connectivity index (χ3n) is 4.76. The monoisotopic (exact) mass is 416 g/mol. The molecule has 3 rings (SSSR count). The van der Waals surface area contributed by atoms with Crippen molar-refractivity contribution in [3.63, 3.8) is 0 Å². The standard InChI is InChI=1S/C21H24N2O3S2/c1-5-15(3)22-21(24)20-13-16-12-17(8-11-19(16)27-20)23(4)28(25,26)18-9-6-14(2)7-10-18/h6-13,15H,5H2,1-4H3,(H,22,24). The van der Waals surface area contributed by atoms with Crippen molar-refractivity contribution in [2.24, 2.45) is 0 Å². The lowest BCUT2D eigenvalue weighted by Crippen LogP contribution is -2.31. The van der Waals surface area contributed by atoms with Gasteiger partial charge in [-0.25, -0.2) is 8.42 Å². The van der Waals surface area contributed by atoms with Crippen LogP contribution >= 0.6 is 11.3 Å². The van der Waals surface area contributed by atoms with E-state index >= 15 is 0 Å². The van der Waals surface area contributed by atoms with Gasteiger partial charge in [0.1, 0.15) is 0 Å². The average Bonchev–Trinajstić information content (AvgIpc) is 3.11. The number of fused-ring (bicyclic) bond motifs is 1. The van der Waals surface area contributed by atoms with Gasteiger partial charge >= 0.3 is 0 Å². The van der Waals surface area contributed by atoms with Crippen LogP contribution in [0.25, 0.3) is 10.1 Å². The minimum Gasteiger partial charge on any atom is -0.349 e. The first-order chi connectivity index (χ1) is 13.2. The Bertz CT molecular complexity index is 1100.